The molecule has 2 aromatic carbocycles. The Morgan fingerprint density at radius 3 is 2.52 bits per heavy atom. The maximum atomic E-state index is 12.1. The van der Waals surface area contributed by atoms with E-state index < -0.39 is 0 Å². The SMILES string of the molecule is Cc1ccc(CN2CCN(CC(=O)N/N=C/c3cccc(Cl)c3)CC2)cc1. The van der Waals surface area contributed by atoms with E-state index in [1.54, 1.807) is 18.3 Å². The molecule has 2 aromatic rings. The maximum absolute atomic E-state index is 12.1. The minimum Gasteiger partial charge on any atom is -0.297 e. The molecule has 1 aliphatic heterocycles. The number of rotatable bonds is 6. The average molecular weight is 385 g/mol. The van der Waals surface area contributed by atoms with Crippen LogP contribution in [-0.2, 0) is 11.3 Å². The molecule has 6 heteroatoms. The number of amides is 1. The Morgan fingerprint density at radius 2 is 1.81 bits per heavy atom. The zero-order chi connectivity index (χ0) is 19.1. The highest BCUT2D eigenvalue weighted by molar-refractivity contribution is 6.30. The first-order chi connectivity index (χ1) is 13.1. The van der Waals surface area contributed by atoms with Crippen molar-refractivity contribution < 1.29 is 4.79 Å². The first-order valence-corrected chi connectivity index (χ1v) is 9.54. The van der Waals surface area contributed by atoms with Crippen LogP contribution in [0.5, 0.6) is 0 Å². The molecule has 3 rings (SSSR count). The highest BCUT2D eigenvalue weighted by Crippen LogP contribution is 2.10. The molecular formula is C21H25ClN4O. The van der Waals surface area contributed by atoms with Crippen LogP contribution in [-0.4, -0.2) is 54.6 Å². The normalized spacial score (nSPS) is 15.9. The number of hydrazone groups is 1. The lowest BCUT2D eigenvalue weighted by molar-refractivity contribution is -0.122. The fraction of sp³-hybridized carbons (Fsp3) is 0.333. The zero-order valence-electron chi connectivity index (χ0n) is 15.6. The van der Waals surface area contributed by atoms with Gasteiger partial charge in [-0.05, 0) is 30.2 Å². The molecule has 1 amide bonds. The van der Waals surface area contributed by atoms with Crippen LogP contribution in [0.4, 0.5) is 0 Å². The molecule has 1 fully saturated rings. The summed E-state index contributed by atoms with van der Waals surface area (Å²) in [5, 5.41) is 4.65. The number of hydrogen-bond acceptors (Lipinski definition) is 4. The number of carbonyl (C=O) groups excluding carboxylic acids is 1. The minimum atomic E-state index is -0.0970. The summed E-state index contributed by atoms with van der Waals surface area (Å²) in [5.41, 5.74) is 6.06. The molecule has 0 radical (unpaired) electrons. The van der Waals surface area contributed by atoms with E-state index in [9.17, 15) is 4.79 Å². The molecule has 1 heterocycles. The van der Waals surface area contributed by atoms with Gasteiger partial charge in [-0.25, -0.2) is 5.43 Å². The van der Waals surface area contributed by atoms with Crippen molar-refractivity contribution in [3.63, 3.8) is 0 Å². The largest absolute Gasteiger partial charge is 0.297 e. The van der Waals surface area contributed by atoms with Crippen LogP contribution < -0.4 is 5.43 Å². The highest BCUT2D eigenvalue weighted by Gasteiger charge is 2.18. The molecule has 0 atom stereocenters. The van der Waals surface area contributed by atoms with Crippen molar-refractivity contribution in [2.24, 2.45) is 5.10 Å². The van der Waals surface area contributed by atoms with Crippen LogP contribution >= 0.6 is 11.6 Å². The molecule has 1 aliphatic rings. The van der Waals surface area contributed by atoms with E-state index in [2.05, 4.69) is 51.5 Å². The van der Waals surface area contributed by atoms with E-state index in [1.807, 2.05) is 12.1 Å². The minimum absolute atomic E-state index is 0.0970. The van der Waals surface area contributed by atoms with Gasteiger partial charge >= 0.3 is 0 Å². The monoisotopic (exact) mass is 384 g/mol. The van der Waals surface area contributed by atoms with Crippen LogP contribution in [0.25, 0.3) is 0 Å². The molecule has 0 aliphatic carbocycles. The molecule has 0 aromatic heterocycles. The van der Waals surface area contributed by atoms with Gasteiger partial charge in [-0.15, -0.1) is 0 Å². The summed E-state index contributed by atoms with van der Waals surface area (Å²) in [6, 6.07) is 16.0. The number of hydrogen-bond donors (Lipinski definition) is 1. The van der Waals surface area contributed by atoms with E-state index in [0.717, 1.165) is 38.3 Å². The van der Waals surface area contributed by atoms with Crippen LogP contribution in [0.3, 0.4) is 0 Å². The van der Waals surface area contributed by atoms with E-state index in [0.29, 0.717) is 11.6 Å². The van der Waals surface area contributed by atoms with Gasteiger partial charge in [-0.1, -0.05) is 53.6 Å². The lowest BCUT2D eigenvalue weighted by atomic mass is 10.1. The third-order valence-electron chi connectivity index (χ3n) is 4.61. The van der Waals surface area contributed by atoms with Crippen LogP contribution in [0.1, 0.15) is 16.7 Å². The molecule has 27 heavy (non-hydrogen) atoms. The third kappa shape index (κ3) is 6.47. The second-order valence-corrected chi connectivity index (χ2v) is 7.32. The standard InChI is InChI=1S/C21H25ClN4O/c1-17-5-7-18(8-6-17)15-25-9-11-26(12-10-25)16-21(27)24-23-14-19-3-2-4-20(22)13-19/h2-8,13-14H,9-12,15-16H2,1H3,(H,24,27)/b23-14+. The maximum Gasteiger partial charge on any atom is 0.254 e. The van der Waals surface area contributed by atoms with Crippen molar-refractivity contribution in [3.05, 3.63) is 70.2 Å². The summed E-state index contributed by atoms with van der Waals surface area (Å²) in [4.78, 5) is 16.7. The Bertz CT molecular complexity index is 783. The van der Waals surface area contributed by atoms with Crippen molar-refractivity contribution >= 4 is 23.7 Å². The Labute approximate surface area is 165 Å². The molecule has 0 bridgehead atoms. The van der Waals surface area contributed by atoms with Crippen molar-refractivity contribution in [3.8, 4) is 0 Å². The fourth-order valence-corrected chi connectivity index (χ4v) is 3.26. The molecule has 0 spiro atoms. The van der Waals surface area contributed by atoms with Crippen LogP contribution in [0.2, 0.25) is 5.02 Å². The van der Waals surface area contributed by atoms with Crippen LogP contribution in [0, 0.1) is 6.92 Å². The second kappa shape index (κ2) is 9.65. The zero-order valence-corrected chi connectivity index (χ0v) is 16.3. The Morgan fingerprint density at radius 1 is 1.11 bits per heavy atom. The Hall–Kier alpha value is -2.21. The first kappa shape index (κ1) is 19.5. The first-order valence-electron chi connectivity index (χ1n) is 9.16. The van der Waals surface area contributed by atoms with Gasteiger partial charge in [-0.2, -0.15) is 5.10 Å². The average Bonchev–Trinajstić information content (AvgIpc) is 2.65. The molecule has 1 saturated heterocycles. The van der Waals surface area contributed by atoms with Crippen molar-refractivity contribution in [2.75, 3.05) is 32.7 Å². The number of benzene rings is 2. The fourth-order valence-electron chi connectivity index (χ4n) is 3.06. The van der Waals surface area contributed by atoms with Gasteiger partial charge in [0.05, 0.1) is 12.8 Å². The summed E-state index contributed by atoms with van der Waals surface area (Å²) in [7, 11) is 0. The summed E-state index contributed by atoms with van der Waals surface area (Å²) < 4.78 is 0. The van der Waals surface area contributed by atoms with Gasteiger partial charge < -0.3 is 0 Å². The summed E-state index contributed by atoms with van der Waals surface area (Å²) in [6.45, 7) is 7.14. The lowest BCUT2D eigenvalue weighted by Crippen LogP contribution is -2.48. The van der Waals surface area contributed by atoms with Gasteiger partial charge in [-0.3, -0.25) is 14.6 Å². The summed E-state index contributed by atoms with van der Waals surface area (Å²) in [6.07, 6.45) is 1.60. The molecule has 142 valence electrons. The summed E-state index contributed by atoms with van der Waals surface area (Å²) in [5.74, 6) is -0.0970. The van der Waals surface area contributed by atoms with Gasteiger partial charge in [0.2, 0.25) is 0 Å². The smallest absolute Gasteiger partial charge is 0.254 e. The van der Waals surface area contributed by atoms with E-state index in [-0.39, 0.29) is 5.91 Å². The van der Waals surface area contributed by atoms with E-state index >= 15 is 0 Å². The van der Waals surface area contributed by atoms with Crippen molar-refractivity contribution in [2.45, 2.75) is 13.5 Å². The van der Waals surface area contributed by atoms with Gasteiger partial charge in [0, 0.05) is 37.7 Å². The predicted molar refractivity (Wildman–Crippen MR) is 110 cm³/mol. The second-order valence-electron chi connectivity index (χ2n) is 6.89. The quantitative estimate of drug-likeness (QED) is 0.615. The number of nitrogens with zero attached hydrogens (tertiary/aromatic N) is 3. The molecule has 5 nitrogen and oxygen atoms in total. The van der Waals surface area contributed by atoms with Crippen molar-refractivity contribution in [1.29, 1.82) is 0 Å². The number of carbonyl (C=O) groups is 1. The van der Waals surface area contributed by atoms with Crippen LogP contribution in [0.15, 0.2) is 53.6 Å². The Kier molecular flexibility index (Phi) is 6.98. The topological polar surface area (TPSA) is 47.9 Å². The molecule has 1 N–H and O–H groups in total. The van der Waals surface area contributed by atoms with Crippen molar-refractivity contribution in [1.82, 2.24) is 15.2 Å². The molecular weight excluding hydrogens is 360 g/mol. The molecule has 0 unspecified atom stereocenters. The highest BCUT2D eigenvalue weighted by atomic mass is 35.5. The molecule has 0 saturated carbocycles. The van der Waals surface area contributed by atoms with E-state index in [1.165, 1.54) is 11.1 Å². The number of piperazine rings is 1. The van der Waals surface area contributed by atoms with Gasteiger partial charge in [0.25, 0.3) is 5.91 Å². The predicted octanol–water partition coefficient (Wildman–Crippen LogP) is 2.92. The summed E-state index contributed by atoms with van der Waals surface area (Å²) >= 11 is 5.93. The number of aryl methyl sites for hydroxylation is 1. The number of nitrogens with one attached hydrogen (secondary N) is 1. The van der Waals surface area contributed by atoms with Gasteiger partial charge in [0.15, 0.2) is 0 Å². The lowest BCUT2D eigenvalue weighted by Gasteiger charge is -2.34. The van der Waals surface area contributed by atoms with E-state index in [4.69, 9.17) is 11.6 Å². The Balaban J connectivity index is 1.38. The number of halogens is 1. The third-order valence-corrected chi connectivity index (χ3v) is 4.85. The van der Waals surface area contributed by atoms with Gasteiger partial charge in [0.1, 0.15) is 0 Å².